The van der Waals surface area contributed by atoms with E-state index in [0.717, 1.165) is 11.9 Å². The lowest BCUT2D eigenvalue weighted by atomic mass is 10.8. The van der Waals surface area contributed by atoms with Gasteiger partial charge in [0.05, 0.1) is 6.54 Å². The van der Waals surface area contributed by atoms with Gasteiger partial charge in [-0.1, -0.05) is 15.9 Å². The molecule has 0 bridgehead atoms. The smallest absolute Gasteiger partial charge is 0.0580 e. The van der Waals surface area contributed by atoms with Gasteiger partial charge in [-0.2, -0.15) is 0 Å². The molecule has 2 heteroatoms. The van der Waals surface area contributed by atoms with Crippen molar-refractivity contribution in [2.75, 3.05) is 11.9 Å². The minimum absolute atomic E-state index is 0.781. The topological polar surface area (TPSA) is 12.4 Å². The molecule has 34 valence electrons. The van der Waals surface area contributed by atoms with Gasteiger partial charge < -0.3 is 0 Å². The minimum atomic E-state index is 0.781. The molecule has 0 rings (SSSR count). The average molecular weight is 148 g/mol. The number of rotatable bonds is 2. The molecule has 0 radical (unpaired) electrons. The van der Waals surface area contributed by atoms with Crippen LogP contribution in [0.2, 0.25) is 0 Å². The SMILES string of the molecule is C=C=NCCBr. The van der Waals surface area contributed by atoms with Crippen molar-refractivity contribution in [2.45, 2.75) is 0 Å². The van der Waals surface area contributed by atoms with Crippen LogP contribution in [-0.4, -0.2) is 17.7 Å². The highest BCUT2D eigenvalue weighted by atomic mass is 79.9. The van der Waals surface area contributed by atoms with Gasteiger partial charge in [-0.15, -0.1) is 0 Å². The van der Waals surface area contributed by atoms with Crippen molar-refractivity contribution in [1.82, 2.24) is 0 Å². The Morgan fingerprint density at radius 2 is 2.50 bits per heavy atom. The molecule has 0 atom stereocenters. The summed E-state index contributed by atoms with van der Waals surface area (Å²) in [4.78, 5) is 3.68. The summed E-state index contributed by atoms with van der Waals surface area (Å²) >= 11 is 3.19. The molecule has 0 heterocycles. The molecule has 0 aliphatic heterocycles. The Bertz CT molecular complexity index is 63.9. The van der Waals surface area contributed by atoms with Gasteiger partial charge in [0, 0.05) is 5.33 Å². The van der Waals surface area contributed by atoms with E-state index in [1.165, 1.54) is 0 Å². The number of aliphatic imine (C=N–C) groups is 1. The first-order valence-electron chi connectivity index (χ1n) is 1.66. The summed E-state index contributed by atoms with van der Waals surface area (Å²) in [5.74, 6) is 2.41. The maximum atomic E-state index is 3.68. The van der Waals surface area contributed by atoms with Gasteiger partial charge in [-0.25, -0.2) is 4.99 Å². The van der Waals surface area contributed by atoms with Gasteiger partial charge in [0.1, 0.15) is 0 Å². The fourth-order valence-electron chi connectivity index (χ4n) is 0.121. The summed E-state index contributed by atoms with van der Waals surface area (Å²) in [6.07, 6.45) is 0. The van der Waals surface area contributed by atoms with Crippen LogP contribution in [0.25, 0.3) is 0 Å². The molecule has 0 fully saturated rings. The van der Waals surface area contributed by atoms with Crippen molar-refractivity contribution in [1.29, 1.82) is 0 Å². The Labute approximate surface area is 45.9 Å². The molecule has 6 heavy (non-hydrogen) atoms. The lowest BCUT2D eigenvalue weighted by Gasteiger charge is -1.72. The molecule has 0 aliphatic carbocycles. The maximum Gasteiger partial charge on any atom is 0.0580 e. The molecule has 1 nitrogen and oxygen atoms in total. The van der Waals surface area contributed by atoms with E-state index in [0.29, 0.717) is 0 Å². The highest BCUT2D eigenvalue weighted by Crippen LogP contribution is 1.75. The molecular weight excluding hydrogens is 142 g/mol. The molecule has 0 aromatic heterocycles. The van der Waals surface area contributed by atoms with E-state index in [4.69, 9.17) is 0 Å². The normalized spacial score (nSPS) is 6.83. The van der Waals surface area contributed by atoms with Crippen molar-refractivity contribution in [3.63, 3.8) is 0 Å². The largest absolute Gasteiger partial charge is 0.243 e. The molecule has 0 aromatic carbocycles. The van der Waals surface area contributed by atoms with Gasteiger partial charge in [-0.3, -0.25) is 0 Å². The predicted molar refractivity (Wildman–Crippen MR) is 31.7 cm³/mol. The van der Waals surface area contributed by atoms with Crippen molar-refractivity contribution in [3.8, 4) is 0 Å². The summed E-state index contributed by atoms with van der Waals surface area (Å²) in [6.45, 7) is 4.07. The van der Waals surface area contributed by atoms with Crippen molar-refractivity contribution in [2.24, 2.45) is 4.99 Å². The third-order valence-electron chi connectivity index (χ3n) is 0.308. The number of hydrogen-bond donors (Lipinski definition) is 0. The van der Waals surface area contributed by atoms with Crippen molar-refractivity contribution >= 4 is 21.8 Å². The van der Waals surface area contributed by atoms with E-state index in [-0.39, 0.29) is 0 Å². The van der Waals surface area contributed by atoms with Gasteiger partial charge >= 0.3 is 0 Å². The molecule has 0 unspecified atom stereocenters. The number of halogens is 1. The number of alkyl halides is 1. The molecule has 0 N–H and O–H groups in total. The van der Waals surface area contributed by atoms with Crippen LogP contribution in [0.3, 0.4) is 0 Å². The third kappa shape index (κ3) is 3.93. The second-order valence-electron chi connectivity index (χ2n) is 0.729. The van der Waals surface area contributed by atoms with E-state index < -0.39 is 0 Å². The Balaban J connectivity index is 2.86. The van der Waals surface area contributed by atoms with Crippen LogP contribution in [0.1, 0.15) is 0 Å². The Kier molecular flexibility index (Phi) is 4.87. The monoisotopic (exact) mass is 147 g/mol. The molecule has 0 saturated carbocycles. The van der Waals surface area contributed by atoms with Gasteiger partial charge in [0.15, 0.2) is 0 Å². The summed E-state index contributed by atoms with van der Waals surface area (Å²) in [5.41, 5.74) is 0. The summed E-state index contributed by atoms with van der Waals surface area (Å²) in [5, 5.41) is 0.898. The van der Waals surface area contributed by atoms with Crippen LogP contribution in [0.4, 0.5) is 0 Å². The Morgan fingerprint density at radius 3 is 2.67 bits per heavy atom. The first-order valence-corrected chi connectivity index (χ1v) is 2.78. The number of nitrogens with zero attached hydrogens (tertiary/aromatic N) is 1. The zero-order valence-electron chi connectivity index (χ0n) is 3.45. The molecule has 0 aliphatic rings. The summed E-state index contributed by atoms with van der Waals surface area (Å²) in [6, 6.07) is 0. The lowest BCUT2D eigenvalue weighted by Crippen LogP contribution is -1.74. The molecule has 0 aromatic rings. The van der Waals surface area contributed by atoms with Crippen molar-refractivity contribution in [3.05, 3.63) is 6.58 Å². The zero-order valence-corrected chi connectivity index (χ0v) is 5.03. The quantitative estimate of drug-likeness (QED) is 0.412. The third-order valence-corrected chi connectivity index (χ3v) is 0.663. The summed E-state index contributed by atoms with van der Waals surface area (Å²) < 4.78 is 0. The van der Waals surface area contributed by atoms with E-state index in [1.54, 1.807) is 0 Å². The van der Waals surface area contributed by atoms with Crippen LogP contribution in [0, 0.1) is 0 Å². The van der Waals surface area contributed by atoms with E-state index in [2.05, 4.69) is 33.4 Å². The van der Waals surface area contributed by atoms with Crippen LogP contribution in [-0.2, 0) is 0 Å². The number of hydrogen-bond acceptors (Lipinski definition) is 1. The Hall–Kier alpha value is -0.0700. The zero-order chi connectivity index (χ0) is 4.83. The van der Waals surface area contributed by atoms with Gasteiger partial charge in [0.25, 0.3) is 0 Å². The first-order chi connectivity index (χ1) is 2.91. The molecular formula is C4H6BrN. The van der Waals surface area contributed by atoms with Crippen LogP contribution >= 0.6 is 15.9 Å². The second kappa shape index (κ2) is 4.93. The minimum Gasteiger partial charge on any atom is -0.243 e. The van der Waals surface area contributed by atoms with Crippen molar-refractivity contribution < 1.29 is 0 Å². The lowest BCUT2D eigenvalue weighted by molar-refractivity contribution is 1.17. The molecule has 0 spiro atoms. The predicted octanol–water partition coefficient (Wildman–Crippen LogP) is 1.24. The fourth-order valence-corrected chi connectivity index (χ4v) is 0.299. The Morgan fingerprint density at radius 1 is 1.83 bits per heavy atom. The second-order valence-corrected chi connectivity index (χ2v) is 1.52. The average Bonchev–Trinajstić information content (AvgIpc) is 1.61. The first kappa shape index (κ1) is 5.93. The highest BCUT2D eigenvalue weighted by Gasteiger charge is 1.66. The maximum absolute atomic E-state index is 3.68. The van der Waals surface area contributed by atoms with Crippen LogP contribution < -0.4 is 0 Å². The van der Waals surface area contributed by atoms with Gasteiger partial charge in [0.2, 0.25) is 0 Å². The standard InChI is InChI=1S/C4H6BrN/c1-2-6-4-3-5/h1,3-4H2. The van der Waals surface area contributed by atoms with Gasteiger partial charge in [-0.05, 0) is 12.4 Å². The van der Waals surface area contributed by atoms with E-state index in [1.807, 2.05) is 0 Å². The fraction of sp³-hybridized carbons (Fsp3) is 0.500. The van der Waals surface area contributed by atoms with Crippen LogP contribution in [0.5, 0.6) is 0 Å². The molecule has 0 saturated heterocycles. The van der Waals surface area contributed by atoms with E-state index in [9.17, 15) is 0 Å². The highest BCUT2D eigenvalue weighted by molar-refractivity contribution is 9.09. The molecule has 0 amide bonds. The van der Waals surface area contributed by atoms with E-state index >= 15 is 0 Å². The van der Waals surface area contributed by atoms with Crippen LogP contribution in [0.15, 0.2) is 11.6 Å². The summed E-state index contributed by atoms with van der Waals surface area (Å²) in [7, 11) is 0.